The summed E-state index contributed by atoms with van der Waals surface area (Å²) in [5.41, 5.74) is 2.46. The van der Waals surface area contributed by atoms with Gasteiger partial charge in [-0.2, -0.15) is 0 Å². The van der Waals surface area contributed by atoms with Gasteiger partial charge in [0.1, 0.15) is 10.1 Å². The lowest BCUT2D eigenvalue weighted by atomic mass is 10.1. The highest BCUT2D eigenvalue weighted by atomic mass is 79.9. The fourth-order valence-corrected chi connectivity index (χ4v) is 3.76. The van der Waals surface area contributed by atoms with Gasteiger partial charge in [0.05, 0.1) is 22.0 Å². The number of pyridine rings is 1. The Hall–Kier alpha value is -1.97. The largest absolute Gasteiger partial charge is 0.744 e. The average Bonchev–Trinajstić information content (AvgIpc) is 2.44. The molecule has 0 aliphatic rings. The van der Waals surface area contributed by atoms with E-state index in [0.717, 1.165) is 5.56 Å². The Morgan fingerprint density at radius 3 is 2.16 bits per heavy atom. The number of aryl methyl sites for hydroxylation is 3. The van der Waals surface area contributed by atoms with E-state index in [1.54, 1.807) is 44.4 Å². The Morgan fingerprint density at radius 2 is 1.76 bits per heavy atom. The van der Waals surface area contributed by atoms with Crippen LogP contribution in [-0.2, 0) is 14.9 Å². The monoisotopic (exact) mass is 430 g/mol. The summed E-state index contributed by atoms with van der Waals surface area (Å²) in [4.78, 5) is 11.0. The van der Waals surface area contributed by atoms with Crippen molar-refractivity contribution in [3.63, 3.8) is 0 Å². The maximum atomic E-state index is 11.0. The lowest BCUT2D eigenvalue weighted by molar-refractivity contribution is -0.639. The van der Waals surface area contributed by atoms with Gasteiger partial charge in [0.2, 0.25) is 6.20 Å². The summed E-state index contributed by atoms with van der Waals surface area (Å²) in [6, 6.07) is 4.96. The van der Waals surface area contributed by atoms with E-state index in [-0.39, 0.29) is 10.9 Å². The summed E-state index contributed by atoms with van der Waals surface area (Å²) in [6.07, 6.45) is 3.14. The van der Waals surface area contributed by atoms with Crippen molar-refractivity contribution in [2.75, 3.05) is 13.0 Å². The lowest BCUT2D eigenvalue weighted by Crippen LogP contribution is -2.43. The number of hydrogen-bond donors (Lipinski definition) is 1. The first kappa shape index (κ1) is 21.1. The lowest BCUT2D eigenvalue weighted by Gasteiger charge is -2.14. The first-order valence-electron chi connectivity index (χ1n) is 7.05. The Kier molecular flexibility index (Phi) is 7.09. The molecular weight excluding hydrogens is 412 g/mol. The molecule has 0 fully saturated rings. The van der Waals surface area contributed by atoms with Crippen LogP contribution in [0.2, 0.25) is 0 Å². The quantitative estimate of drug-likeness (QED) is 0.336. The zero-order valence-corrected chi connectivity index (χ0v) is 16.6. The van der Waals surface area contributed by atoms with Crippen LogP contribution in [0.3, 0.4) is 0 Å². The third-order valence-electron chi connectivity index (χ3n) is 3.19. The Labute approximate surface area is 155 Å². The molecule has 9 heteroatoms. The Balaban J connectivity index is 0.000000251. The standard InChI is InChI=1S/C9H12O3S.C7H7BrN2O2/c1-6-4-7(2)9(8(3)5-6)13(10,11)12;1-12-7(11)5-2-3-10(9)4-6(5)8/h4-5H,1-3H3,(H,10,11,12);2-4H,1H3,(H-,9,11). The summed E-state index contributed by atoms with van der Waals surface area (Å²) < 4.78 is 39.0. The molecule has 1 heterocycles. The number of ether oxygens (including phenoxy) is 1. The molecule has 0 radical (unpaired) electrons. The summed E-state index contributed by atoms with van der Waals surface area (Å²) in [5, 5.41) is 0. The van der Waals surface area contributed by atoms with E-state index in [1.807, 2.05) is 6.92 Å². The Morgan fingerprint density at radius 1 is 1.24 bits per heavy atom. The molecule has 2 rings (SSSR count). The molecule has 0 aliphatic carbocycles. The van der Waals surface area contributed by atoms with Crippen molar-refractivity contribution in [1.82, 2.24) is 0 Å². The summed E-state index contributed by atoms with van der Waals surface area (Å²) in [5.74, 6) is 5.02. The molecular formula is C16H19BrN2O5S. The van der Waals surface area contributed by atoms with Crippen molar-refractivity contribution in [3.05, 3.63) is 57.3 Å². The van der Waals surface area contributed by atoms with Gasteiger partial charge in [-0.15, -0.1) is 0 Å². The zero-order valence-electron chi connectivity index (χ0n) is 14.2. The van der Waals surface area contributed by atoms with E-state index < -0.39 is 10.1 Å². The zero-order chi connectivity index (χ0) is 19.4. The second-order valence-corrected chi connectivity index (χ2v) is 7.50. The topological polar surface area (TPSA) is 113 Å². The van der Waals surface area contributed by atoms with Crippen LogP contribution in [0.5, 0.6) is 0 Å². The van der Waals surface area contributed by atoms with E-state index in [2.05, 4.69) is 20.7 Å². The van der Waals surface area contributed by atoms with Gasteiger partial charge in [-0.25, -0.2) is 19.1 Å². The predicted octanol–water partition coefficient (Wildman–Crippen LogP) is 1.75. The molecule has 2 N–H and O–H groups in total. The van der Waals surface area contributed by atoms with Gasteiger partial charge in [0, 0.05) is 6.07 Å². The molecule has 0 spiro atoms. The van der Waals surface area contributed by atoms with E-state index in [4.69, 9.17) is 5.84 Å². The Bertz CT molecular complexity index is 874. The molecule has 0 aliphatic heterocycles. The highest BCUT2D eigenvalue weighted by molar-refractivity contribution is 9.10. The third kappa shape index (κ3) is 5.80. The number of halogens is 1. The number of aromatic nitrogens is 1. The summed E-state index contributed by atoms with van der Waals surface area (Å²) in [6.45, 7) is 5.12. The number of nitrogens with two attached hydrogens (primary N) is 1. The third-order valence-corrected chi connectivity index (χ3v) is 4.97. The van der Waals surface area contributed by atoms with Crippen LogP contribution in [-0.4, -0.2) is 26.0 Å². The fourth-order valence-electron chi connectivity index (χ4n) is 2.32. The molecule has 2 aromatic rings. The molecule has 1 aromatic carbocycles. The normalized spacial score (nSPS) is 10.6. The molecule has 136 valence electrons. The molecule has 0 amide bonds. The van der Waals surface area contributed by atoms with Crippen molar-refractivity contribution in [1.29, 1.82) is 0 Å². The molecule has 0 unspecified atom stereocenters. The molecule has 25 heavy (non-hydrogen) atoms. The van der Waals surface area contributed by atoms with Crippen molar-refractivity contribution < 1.29 is 27.2 Å². The van der Waals surface area contributed by atoms with Gasteiger partial charge in [0.15, 0.2) is 6.20 Å². The van der Waals surface area contributed by atoms with Gasteiger partial charge >= 0.3 is 5.97 Å². The van der Waals surface area contributed by atoms with Gasteiger partial charge in [-0.3, -0.25) is 0 Å². The number of rotatable bonds is 2. The van der Waals surface area contributed by atoms with Crippen molar-refractivity contribution >= 4 is 32.0 Å². The maximum Gasteiger partial charge on any atom is 0.339 e. The van der Waals surface area contributed by atoms with Crippen LogP contribution in [0.4, 0.5) is 0 Å². The van der Waals surface area contributed by atoms with Crippen LogP contribution in [0.15, 0.2) is 40.0 Å². The van der Waals surface area contributed by atoms with Crippen LogP contribution in [0, 0.1) is 20.8 Å². The molecule has 7 nitrogen and oxygen atoms in total. The minimum atomic E-state index is -4.33. The molecule has 0 bridgehead atoms. The average molecular weight is 431 g/mol. The highest BCUT2D eigenvalue weighted by Crippen LogP contribution is 2.20. The SMILES string of the molecule is COC(=O)c1cc[n+](N)cc1Br.Cc1cc(C)c(S(=O)(=O)[O-])c(C)c1. The number of nitrogens with zero attached hydrogens (tertiary/aromatic N) is 1. The molecule has 0 saturated heterocycles. The number of carbonyl (C=O) groups excluding carboxylic acids is 1. The minimum Gasteiger partial charge on any atom is -0.744 e. The molecule has 1 aromatic heterocycles. The first-order valence-corrected chi connectivity index (χ1v) is 9.25. The van der Waals surface area contributed by atoms with Crippen LogP contribution < -0.4 is 10.5 Å². The van der Waals surface area contributed by atoms with Crippen molar-refractivity contribution in [2.24, 2.45) is 0 Å². The second-order valence-electron chi connectivity index (χ2n) is 5.33. The van der Waals surface area contributed by atoms with Crippen LogP contribution in [0.25, 0.3) is 0 Å². The smallest absolute Gasteiger partial charge is 0.339 e. The summed E-state index contributed by atoms with van der Waals surface area (Å²) >= 11 is 3.19. The highest BCUT2D eigenvalue weighted by Gasteiger charge is 2.13. The van der Waals surface area contributed by atoms with Gasteiger partial charge in [0.25, 0.3) is 0 Å². The van der Waals surface area contributed by atoms with E-state index in [0.29, 0.717) is 21.2 Å². The fraction of sp³-hybridized carbons (Fsp3) is 0.250. The molecule has 0 saturated carbocycles. The van der Waals surface area contributed by atoms with Crippen LogP contribution in [0.1, 0.15) is 27.0 Å². The van der Waals surface area contributed by atoms with Crippen LogP contribution >= 0.6 is 15.9 Å². The predicted molar refractivity (Wildman–Crippen MR) is 94.4 cm³/mol. The molecule has 0 atom stereocenters. The first-order chi connectivity index (χ1) is 11.5. The van der Waals surface area contributed by atoms with Gasteiger partial charge in [-0.05, 0) is 47.8 Å². The van der Waals surface area contributed by atoms with E-state index >= 15 is 0 Å². The maximum absolute atomic E-state index is 11.0. The van der Waals surface area contributed by atoms with Gasteiger partial charge in [-0.1, -0.05) is 22.4 Å². The van der Waals surface area contributed by atoms with Crippen molar-refractivity contribution in [2.45, 2.75) is 25.7 Å². The number of hydrogen-bond acceptors (Lipinski definition) is 6. The number of nitrogen functional groups attached to an aromatic ring is 1. The summed E-state index contributed by atoms with van der Waals surface area (Å²) in [7, 11) is -3.00. The number of benzene rings is 1. The van der Waals surface area contributed by atoms with E-state index in [9.17, 15) is 17.8 Å². The minimum absolute atomic E-state index is 0.0851. The second kappa shape index (κ2) is 8.41. The number of carbonyl (C=O) groups is 1. The number of methoxy groups -OCH3 is 1. The number of esters is 1. The van der Waals surface area contributed by atoms with Crippen molar-refractivity contribution in [3.8, 4) is 0 Å². The van der Waals surface area contributed by atoms with Gasteiger partial charge < -0.3 is 9.29 Å². The van der Waals surface area contributed by atoms with E-state index in [1.165, 1.54) is 11.8 Å².